The van der Waals surface area contributed by atoms with E-state index in [9.17, 15) is 0 Å². The summed E-state index contributed by atoms with van der Waals surface area (Å²) in [7, 11) is -0.522. The highest BCUT2D eigenvalue weighted by Crippen LogP contribution is 2.62. The van der Waals surface area contributed by atoms with Gasteiger partial charge in [0.2, 0.25) is 0 Å². The summed E-state index contributed by atoms with van der Waals surface area (Å²) < 4.78 is 11.9. The molecule has 4 aromatic carbocycles. The van der Waals surface area contributed by atoms with Crippen molar-refractivity contribution in [1.82, 2.24) is 0 Å². The van der Waals surface area contributed by atoms with Gasteiger partial charge < -0.3 is 9.47 Å². The second kappa shape index (κ2) is 8.40. The summed E-state index contributed by atoms with van der Waals surface area (Å²) in [6.07, 6.45) is 0. The summed E-state index contributed by atoms with van der Waals surface area (Å²) in [5.74, 6) is 1.77. The largest absolute Gasteiger partial charge is 0.489 e. The average molecular weight is 441 g/mol. The van der Waals surface area contributed by atoms with Gasteiger partial charge in [-0.05, 0) is 90.9 Å². The Balaban J connectivity index is 1.30. The highest BCUT2D eigenvalue weighted by Gasteiger charge is 2.26. The SMILES string of the molecule is CC(C)(C)Oc1ccc(COc2ccc([SH]3c4ccccc4-c4ccccc43)cc2)cc1. The Morgan fingerprint density at radius 2 is 1.16 bits per heavy atom. The molecule has 3 heteroatoms. The minimum Gasteiger partial charge on any atom is -0.489 e. The molecule has 0 aliphatic carbocycles. The number of benzene rings is 4. The topological polar surface area (TPSA) is 18.5 Å². The van der Waals surface area contributed by atoms with Gasteiger partial charge in [-0.2, -0.15) is 10.9 Å². The third-order valence-corrected chi connectivity index (χ3v) is 7.99. The summed E-state index contributed by atoms with van der Waals surface area (Å²) in [5, 5.41) is 0. The first-order valence-corrected chi connectivity index (χ1v) is 12.3. The van der Waals surface area contributed by atoms with Gasteiger partial charge in [0, 0.05) is 9.79 Å². The molecule has 1 heterocycles. The van der Waals surface area contributed by atoms with E-state index >= 15 is 0 Å². The van der Waals surface area contributed by atoms with Crippen molar-refractivity contribution in [3.8, 4) is 22.6 Å². The van der Waals surface area contributed by atoms with Crippen LogP contribution in [0.1, 0.15) is 26.3 Å². The maximum absolute atomic E-state index is 6.06. The molecule has 0 aromatic heterocycles. The van der Waals surface area contributed by atoms with Crippen molar-refractivity contribution in [1.29, 1.82) is 0 Å². The van der Waals surface area contributed by atoms with E-state index in [4.69, 9.17) is 9.47 Å². The average Bonchev–Trinajstić information content (AvgIpc) is 3.13. The van der Waals surface area contributed by atoms with Gasteiger partial charge in [0.25, 0.3) is 0 Å². The summed E-state index contributed by atoms with van der Waals surface area (Å²) in [4.78, 5) is 4.23. The van der Waals surface area contributed by atoms with E-state index in [2.05, 4.69) is 106 Å². The molecule has 1 aliphatic heterocycles. The molecule has 162 valence electrons. The zero-order valence-electron chi connectivity index (χ0n) is 18.7. The Hall–Kier alpha value is -3.17. The monoisotopic (exact) mass is 440 g/mol. The predicted molar refractivity (Wildman–Crippen MR) is 133 cm³/mol. The number of thiol groups is 1. The van der Waals surface area contributed by atoms with Crippen LogP contribution in [-0.4, -0.2) is 5.60 Å². The van der Waals surface area contributed by atoms with E-state index in [1.807, 2.05) is 12.1 Å². The highest BCUT2D eigenvalue weighted by atomic mass is 32.2. The van der Waals surface area contributed by atoms with E-state index in [1.54, 1.807) is 0 Å². The zero-order chi connectivity index (χ0) is 22.1. The maximum Gasteiger partial charge on any atom is 0.120 e. The van der Waals surface area contributed by atoms with Gasteiger partial charge in [0.15, 0.2) is 0 Å². The molecule has 0 atom stereocenters. The molecule has 0 amide bonds. The predicted octanol–water partition coefficient (Wildman–Crippen LogP) is 7.90. The zero-order valence-corrected chi connectivity index (χ0v) is 19.6. The van der Waals surface area contributed by atoms with Crippen molar-refractivity contribution in [2.45, 2.75) is 47.7 Å². The second-order valence-electron chi connectivity index (χ2n) is 9.01. The van der Waals surface area contributed by atoms with Crippen LogP contribution >= 0.6 is 10.9 Å². The standard InChI is InChI=1S/C29H28O2S/c1-29(2,3)31-23-14-12-21(13-15-23)20-30-22-16-18-24(19-17-22)32-27-10-6-4-8-25(27)26-9-5-7-11-28(26)32/h4-19,32H,20H2,1-3H3. The molecule has 0 unspecified atom stereocenters. The quantitative estimate of drug-likeness (QED) is 0.280. The lowest BCUT2D eigenvalue weighted by Crippen LogP contribution is -2.22. The number of fused-ring (bicyclic) bond motifs is 3. The first kappa shape index (κ1) is 20.7. The number of hydrogen-bond donors (Lipinski definition) is 1. The van der Waals surface area contributed by atoms with Gasteiger partial charge in [-0.25, -0.2) is 0 Å². The van der Waals surface area contributed by atoms with E-state index in [-0.39, 0.29) is 5.60 Å². The van der Waals surface area contributed by atoms with Gasteiger partial charge >= 0.3 is 0 Å². The number of ether oxygens (including phenoxy) is 2. The fourth-order valence-electron chi connectivity index (χ4n) is 4.07. The first-order valence-electron chi connectivity index (χ1n) is 11.0. The molecule has 0 saturated heterocycles. The van der Waals surface area contributed by atoms with Crippen molar-refractivity contribution in [3.63, 3.8) is 0 Å². The Kier molecular flexibility index (Phi) is 5.44. The van der Waals surface area contributed by atoms with Crippen LogP contribution in [0.4, 0.5) is 0 Å². The van der Waals surface area contributed by atoms with Crippen LogP contribution in [0.3, 0.4) is 0 Å². The third kappa shape index (κ3) is 4.26. The molecule has 4 aromatic rings. The van der Waals surface area contributed by atoms with Crippen LogP contribution in [-0.2, 0) is 6.61 Å². The summed E-state index contributed by atoms with van der Waals surface area (Å²) in [6, 6.07) is 34.4. The highest BCUT2D eigenvalue weighted by molar-refractivity contribution is 8.17. The van der Waals surface area contributed by atoms with Crippen molar-refractivity contribution in [2.75, 3.05) is 0 Å². The smallest absolute Gasteiger partial charge is 0.120 e. The van der Waals surface area contributed by atoms with Crippen molar-refractivity contribution in [2.24, 2.45) is 0 Å². The Bertz CT molecular complexity index is 1180. The minimum absolute atomic E-state index is 0.193. The van der Waals surface area contributed by atoms with Crippen LogP contribution in [0.15, 0.2) is 112 Å². The van der Waals surface area contributed by atoms with Crippen LogP contribution < -0.4 is 9.47 Å². The lowest BCUT2D eigenvalue weighted by atomic mass is 10.1. The maximum atomic E-state index is 6.06. The third-order valence-electron chi connectivity index (χ3n) is 5.43. The molecule has 0 radical (unpaired) electrons. The Labute approximate surface area is 193 Å². The lowest BCUT2D eigenvalue weighted by Gasteiger charge is -2.21. The van der Waals surface area contributed by atoms with Crippen LogP contribution in [0.5, 0.6) is 11.5 Å². The minimum atomic E-state index is -0.522. The van der Waals surface area contributed by atoms with Gasteiger partial charge in [-0.1, -0.05) is 48.5 Å². The van der Waals surface area contributed by atoms with Crippen LogP contribution in [0.2, 0.25) is 0 Å². The number of rotatable bonds is 5. The van der Waals surface area contributed by atoms with Gasteiger partial charge in [0.1, 0.15) is 23.7 Å². The molecule has 0 saturated carbocycles. The second-order valence-corrected chi connectivity index (χ2v) is 11.2. The molecule has 32 heavy (non-hydrogen) atoms. The molecule has 0 N–H and O–H groups in total. The molecular weight excluding hydrogens is 412 g/mol. The van der Waals surface area contributed by atoms with E-state index in [0.29, 0.717) is 6.61 Å². The van der Waals surface area contributed by atoms with E-state index in [1.165, 1.54) is 25.8 Å². The van der Waals surface area contributed by atoms with Crippen molar-refractivity contribution >= 4 is 10.9 Å². The lowest BCUT2D eigenvalue weighted by molar-refractivity contribution is 0.131. The molecule has 0 fully saturated rings. The number of hydrogen-bond acceptors (Lipinski definition) is 2. The van der Waals surface area contributed by atoms with E-state index in [0.717, 1.165) is 17.1 Å². The molecule has 0 bridgehead atoms. The van der Waals surface area contributed by atoms with Crippen molar-refractivity contribution < 1.29 is 9.47 Å². The van der Waals surface area contributed by atoms with Gasteiger partial charge in [-0.15, -0.1) is 0 Å². The fraction of sp³-hybridized carbons (Fsp3) is 0.172. The van der Waals surface area contributed by atoms with Gasteiger partial charge in [0.05, 0.1) is 0 Å². The Morgan fingerprint density at radius 3 is 1.72 bits per heavy atom. The summed E-state index contributed by atoms with van der Waals surface area (Å²) in [6.45, 7) is 6.70. The molecule has 2 nitrogen and oxygen atoms in total. The summed E-state index contributed by atoms with van der Waals surface area (Å²) in [5.41, 5.74) is 3.67. The first-order chi connectivity index (χ1) is 15.5. The molecule has 5 rings (SSSR count). The van der Waals surface area contributed by atoms with Gasteiger partial charge in [-0.3, -0.25) is 0 Å². The fourth-order valence-corrected chi connectivity index (χ4v) is 6.67. The molecular formula is C29H28O2S. The normalized spacial score (nSPS) is 13.4. The molecule has 0 spiro atoms. The van der Waals surface area contributed by atoms with Crippen molar-refractivity contribution in [3.05, 3.63) is 103 Å². The van der Waals surface area contributed by atoms with E-state index < -0.39 is 10.9 Å². The van der Waals surface area contributed by atoms with Crippen LogP contribution in [0.25, 0.3) is 11.1 Å². The molecule has 1 aliphatic rings. The summed E-state index contributed by atoms with van der Waals surface area (Å²) >= 11 is 0. The van der Waals surface area contributed by atoms with Crippen LogP contribution in [0, 0.1) is 0 Å². The Morgan fingerprint density at radius 1 is 0.625 bits per heavy atom.